The lowest BCUT2D eigenvalue weighted by Gasteiger charge is -2.04. The number of carbonyl (C=O) groups is 1. The van der Waals surface area contributed by atoms with Crippen LogP contribution in [0.5, 0.6) is 5.75 Å². The van der Waals surface area contributed by atoms with Crippen molar-refractivity contribution in [3.63, 3.8) is 0 Å². The van der Waals surface area contributed by atoms with Gasteiger partial charge in [0, 0.05) is 4.90 Å². The van der Waals surface area contributed by atoms with Crippen molar-refractivity contribution < 1.29 is 14.6 Å². The molecule has 0 aliphatic heterocycles. The average Bonchev–Trinajstić information content (AvgIpc) is 2.10. The first-order chi connectivity index (χ1) is 6.16. The number of aromatic hydroxyl groups is 1. The zero-order chi connectivity index (χ0) is 9.84. The minimum atomic E-state index is -0.532. The standard InChI is InChI=1S/C9H10O3S/c1-2-12-9(11)6-4-3-5-7(13)8(6)10/h3-5,10,13H,2H2,1H3. The number of rotatable bonds is 2. The summed E-state index contributed by atoms with van der Waals surface area (Å²) in [7, 11) is 0. The molecule has 0 atom stereocenters. The molecule has 1 aromatic rings. The van der Waals surface area contributed by atoms with Gasteiger partial charge in [-0.1, -0.05) is 6.07 Å². The summed E-state index contributed by atoms with van der Waals surface area (Å²) >= 11 is 3.97. The lowest BCUT2D eigenvalue weighted by molar-refractivity contribution is 0.0522. The number of phenols is 1. The van der Waals surface area contributed by atoms with Crippen molar-refractivity contribution in [1.82, 2.24) is 0 Å². The first-order valence-electron chi connectivity index (χ1n) is 3.85. The maximum absolute atomic E-state index is 11.2. The van der Waals surface area contributed by atoms with Crippen LogP contribution < -0.4 is 0 Å². The van der Waals surface area contributed by atoms with Gasteiger partial charge in [0.25, 0.3) is 0 Å². The van der Waals surface area contributed by atoms with Gasteiger partial charge in [0.15, 0.2) is 0 Å². The van der Waals surface area contributed by atoms with E-state index >= 15 is 0 Å². The molecule has 0 radical (unpaired) electrons. The molecule has 70 valence electrons. The van der Waals surface area contributed by atoms with E-state index in [4.69, 9.17) is 4.74 Å². The van der Waals surface area contributed by atoms with Crippen LogP contribution in [0.3, 0.4) is 0 Å². The van der Waals surface area contributed by atoms with Crippen LogP contribution in [0.25, 0.3) is 0 Å². The van der Waals surface area contributed by atoms with Gasteiger partial charge in [0.05, 0.1) is 6.61 Å². The highest BCUT2D eigenvalue weighted by Gasteiger charge is 2.12. The normalized spacial score (nSPS) is 9.69. The Kier molecular flexibility index (Phi) is 3.19. The SMILES string of the molecule is CCOC(=O)c1cccc(S)c1O. The monoisotopic (exact) mass is 198 g/mol. The lowest BCUT2D eigenvalue weighted by atomic mass is 10.2. The van der Waals surface area contributed by atoms with Crippen molar-refractivity contribution in [3.8, 4) is 5.75 Å². The molecule has 1 rings (SSSR count). The van der Waals surface area contributed by atoms with E-state index in [0.29, 0.717) is 4.90 Å². The maximum atomic E-state index is 11.2. The van der Waals surface area contributed by atoms with Crippen molar-refractivity contribution in [2.24, 2.45) is 0 Å². The molecule has 3 nitrogen and oxygen atoms in total. The summed E-state index contributed by atoms with van der Waals surface area (Å²) in [6, 6.07) is 4.72. The average molecular weight is 198 g/mol. The largest absolute Gasteiger partial charge is 0.506 e. The van der Waals surface area contributed by atoms with Crippen LogP contribution in [0.1, 0.15) is 17.3 Å². The van der Waals surface area contributed by atoms with E-state index in [1.807, 2.05) is 0 Å². The molecule has 0 fully saturated rings. The second kappa shape index (κ2) is 4.18. The molecule has 1 aromatic carbocycles. The Labute approximate surface area is 81.8 Å². The Hall–Kier alpha value is -1.16. The second-order valence-corrected chi connectivity index (χ2v) is 2.88. The first-order valence-corrected chi connectivity index (χ1v) is 4.29. The Morgan fingerprint density at radius 1 is 1.62 bits per heavy atom. The Morgan fingerprint density at radius 2 is 2.31 bits per heavy atom. The van der Waals surface area contributed by atoms with E-state index in [2.05, 4.69) is 12.6 Å². The summed E-state index contributed by atoms with van der Waals surface area (Å²) < 4.78 is 4.73. The number of carbonyl (C=O) groups excluding carboxylic acids is 1. The van der Waals surface area contributed by atoms with Crippen LogP contribution >= 0.6 is 12.6 Å². The van der Waals surface area contributed by atoms with Crippen molar-refractivity contribution in [3.05, 3.63) is 23.8 Å². The number of benzene rings is 1. The van der Waals surface area contributed by atoms with Gasteiger partial charge >= 0.3 is 5.97 Å². The maximum Gasteiger partial charge on any atom is 0.341 e. The van der Waals surface area contributed by atoms with Gasteiger partial charge in [-0.3, -0.25) is 0 Å². The number of hydrogen-bond acceptors (Lipinski definition) is 4. The second-order valence-electron chi connectivity index (χ2n) is 2.39. The number of para-hydroxylation sites is 1. The van der Waals surface area contributed by atoms with Crippen molar-refractivity contribution in [2.45, 2.75) is 11.8 Å². The van der Waals surface area contributed by atoms with Gasteiger partial charge in [-0.25, -0.2) is 4.79 Å². The van der Waals surface area contributed by atoms with Crippen LogP contribution in [0, 0.1) is 0 Å². The van der Waals surface area contributed by atoms with Crippen molar-refractivity contribution >= 4 is 18.6 Å². The minimum Gasteiger partial charge on any atom is -0.506 e. The predicted octanol–water partition coefficient (Wildman–Crippen LogP) is 1.86. The van der Waals surface area contributed by atoms with Crippen LogP contribution in [-0.4, -0.2) is 17.7 Å². The summed E-state index contributed by atoms with van der Waals surface area (Å²) in [5.74, 6) is -0.666. The van der Waals surface area contributed by atoms with Crippen LogP contribution in [-0.2, 0) is 4.74 Å². The lowest BCUT2D eigenvalue weighted by Crippen LogP contribution is -2.04. The molecule has 0 aliphatic rings. The summed E-state index contributed by atoms with van der Waals surface area (Å²) in [6.45, 7) is 1.99. The molecule has 4 heteroatoms. The molecule has 0 saturated heterocycles. The topological polar surface area (TPSA) is 46.5 Å². The van der Waals surface area contributed by atoms with E-state index in [0.717, 1.165) is 0 Å². The van der Waals surface area contributed by atoms with Crippen molar-refractivity contribution in [1.29, 1.82) is 0 Å². The molecule has 0 aliphatic carbocycles. The highest BCUT2D eigenvalue weighted by molar-refractivity contribution is 7.80. The van der Waals surface area contributed by atoms with E-state index in [1.165, 1.54) is 6.07 Å². The van der Waals surface area contributed by atoms with Gasteiger partial charge < -0.3 is 9.84 Å². The molecular weight excluding hydrogens is 188 g/mol. The third-order valence-electron chi connectivity index (χ3n) is 1.51. The fourth-order valence-electron chi connectivity index (χ4n) is 0.905. The van der Waals surface area contributed by atoms with Gasteiger partial charge in [-0.15, -0.1) is 12.6 Å². The fraction of sp³-hybridized carbons (Fsp3) is 0.222. The number of phenolic OH excluding ortho intramolecular Hbond substituents is 1. The molecule has 0 unspecified atom stereocenters. The first kappa shape index (κ1) is 9.92. The zero-order valence-electron chi connectivity index (χ0n) is 7.15. The van der Waals surface area contributed by atoms with E-state index < -0.39 is 5.97 Å². The third kappa shape index (κ3) is 2.15. The zero-order valence-corrected chi connectivity index (χ0v) is 8.04. The quantitative estimate of drug-likeness (QED) is 0.563. The van der Waals surface area contributed by atoms with Gasteiger partial charge in [0.1, 0.15) is 11.3 Å². The van der Waals surface area contributed by atoms with Crippen LogP contribution in [0.2, 0.25) is 0 Å². The summed E-state index contributed by atoms with van der Waals surface area (Å²) in [6.07, 6.45) is 0. The molecule has 0 spiro atoms. The van der Waals surface area contributed by atoms with Gasteiger partial charge in [-0.2, -0.15) is 0 Å². The molecule has 13 heavy (non-hydrogen) atoms. The number of thiol groups is 1. The molecule has 1 N–H and O–H groups in total. The minimum absolute atomic E-state index is 0.135. The summed E-state index contributed by atoms with van der Waals surface area (Å²) in [5.41, 5.74) is 0.148. The van der Waals surface area contributed by atoms with E-state index in [-0.39, 0.29) is 17.9 Å². The Balaban J connectivity index is 3.01. The third-order valence-corrected chi connectivity index (χ3v) is 1.87. The molecule has 0 bridgehead atoms. The molecule has 0 heterocycles. The predicted molar refractivity (Wildman–Crippen MR) is 51.3 cm³/mol. The smallest absolute Gasteiger partial charge is 0.341 e. The van der Waals surface area contributed by atoms with Crippen LogP contribution in [0.15, 0.2) is 23.1 Å². The van der Waals surface area contributed by atoms with Crippen molar-refractivity contribution in [2.75, 3.05) is 6.61 Å². The number of hydrogen-bond donors (Lipinski definition) is 2. The molecule has 0 saturated carbocycles. The molecule has 0 amide bonds. The van der Waals surface area contributed by atoms with Gasteiger partial charge in [-0.05, 0) is 19.1 Å². The van der Waals surface area contributed by atoms with Gasteiger partial charge in [0.2, 0.25) is 0 Å². The fourth-order valence-corrected chi connectivity index (χ4v) is 1.11. The van der Waals surface area contributed by atoms with Crippen LogP contribution in [0.4, 0.5) is 0 Å². The Morgan fingerprint density at radius 3 is 2.92 bits per heavy atom. The Bertz CT molecular complexity index is 323. The highest BCUT2D eigenvalue weighted by atomic mass is 32.1. The number of esters is 1. The molecule has 0 aromatic heterocycles. The summed E-state index contributed by atoms with van der Waals surface area (Å²) in [5, 5.41) is 9.42. The van der Waals surface area contributed by atoms with E-state index in [9.17, 15) is 9.90 Å². The molecular formula is C9H10O3S. The highest BCUT2D eigenvalue weighted by Crippen LogP contribution is 2.25. The number of ether oxygens (including phenoxy) is 1. The van der Waals surface area contributed by atoms with E-state index in [1.54, 1.807) is 19.1 Å². The summed E-state index contributed by atoms with van der Waals surface area (Å²) in [4.78, 5) is 11.6.